The standard InChI is InChI=1S/C17H17N.C17H19N.2C6H6.2C2H6/c1-18(15-10-3-2-4-11-15)17-13-7-9-14-8-5-6-12-16(14)17;1-3-4-12-16-14(2)9-8-13-17(16)18-15-10-6-5-7-11-15;2*1-2-4-6-5-3-1;2*1-2/h2-4,6-7,9-13H,5,8H2,1H3;4-13,18H,3H2,1-2H3;2*1-6H;2*1-2H3/b;12-4-;;;;. The molecule has 0 aromatic heterocycles. The summed E-state index contributed by atoms with van der Waals surface area (Å²) in [5.74, 6) is 0. The Morgan fingerprint density at radius 3 is 1.63 bits per heavy atom. The van der Waals surface area contributed by atoms with Crippen LogP contribution in [-0.4, -0.2) is 7.05 Å². The zero-order valence-corrected chi connectivity index (χ0v) is 32.5. The molecular weight excluding hydrogens is 629 g/mol. The minimum absolute atomic E-state index is 1.05. The molecule has 1 aliphatic carbocycles. The Bertz CT molecular complexity index is 1690. The number of para-hydroxylation sites is 2. The van der Waals surface area contributed by atoms with Gasteiger partial charge in [0.15, 0.2) is 0 Å². The van der Waals surface area contributed by atoms with Gasteiger partial charge in [-0.3, -0.25) is 0 Å². The average molecular weight is 689 g/mol. The van der Waals surface area contributed by atoms with Gasteiger partial charge >= 0.3 is 0 Å². The van der Waals surface area contributed by atoms with Crippen LogP contribution in [0.5, 0.6) is 0 Å². The first kappa shape index (κ1) is 42.6. The summed E-state index contributed by atoms with van der Waals surface area (Å²) in [6, 6.07) is 57.7. The Morgan fingerprint density at radius 1 is 0.596 bits per heavy atom. The zero-order valence-electron chi connectivity index (χ0n) is 32.5. The molecule has 6 aromatic carbocycles. The molecule has 0 saturated heterocycles. The minimum Gasteiger partial charge on any atom is -0.355 e. The molecule has 6 aromatic rings. The lowest BCUT2D eigenvalue weighted by Gasteiger charge is -2.24. The first-order chi connectivity index (χ1) is 25.7. The molecule has 1 N–H and O–H groups in total. The number of hydrogen-bond acceptors (Lipinski definition) is 2. The number of nitrogens with one attached hydrogen (secondary N) is 1. The van der Waals surface area contributed by atoms with Gasteiger partial charge in [0.05, 0.1) is 0 Å². The number of hydrogen-bond donors (Lipinski definition) is 1. The molecule has 1 aliphatic rings. The van der Waals surface area contributed by atoms with E-state index in [0.717, 1.165) is 30.6 Å². The molecule has 0 fully saturated rings. The summed E-state index contributed by atoms with van der Waals surface area (Å²) in [5.41, 5.74) is 10.2. The summed E-state index contributed by atoms with van der Waals surface area (Å²) in [6.07, 6.45) is 12.3. The van der Waals surface area contributed by atoms with Crippen LogP contribution in [0.4, 0.5) is 22.7 Å². The fourth-order valence-electron chi connectivity index (χ4n) is 5.23. The topological polar surface area (TPSA) is 15.3 Å². The first-order valence-corrected chi connectivity index (χ1v) is 18.8. The van der Waals surface area contributed by atoms with Gasteiger partial charge in [-0.05, 0) is 73.7 Å². The van der Waals surface area contributed by atoms with Crippen LogP contribution in [0.1, 0.15) is 69.7 Å². The Kier molecular flexibility index (Phi) is 22.2. The van der Waals surface area contributed by atoms with Crippen molar-refractivity contribution >= 4 is 34.9 Å². The smallest absolute Gasteiger partial charge is 0.0484 e. The molecule has 270 valence electrons. The lowest BCUT2D eigenvalue weighted by Crippen LogP contribution is -2.12. The number of nitrogens with zero attached hydrogens (tertiary/aromatic N) is 1. The van der Waals surface area contributed by atoms with Gasteiger partial charge in [0.2, 0.25) is 0 Å². The lowest BCUT2D eigenvalue weighted by molar-refractivity contribution is 0.982. The van der Waals surface area contributed by atoms with Gasteiger partial charge in [0.25, 0.3) is 0 Å². The van der Waals surface area contributed by atoms with E-state index in [1.54, 1.807) is 0 Å². The summed E-state index contributed by atoms with van der Waals surface area (Å²) >= 11 is 0. The maximum absolute atomic E-state index is 3.47. The van der Waals surface area contributed by atoms with E-state index in [1.165, 1.54) is 33.6 Å². The van der Waals surface area contributed by atoms with Crippen molar-refractivity contribution in [3.05, 3.63) is 204 Å². The van der Waals surface area contributed by atoms with Crippen LogP contribution in [-0.2, 0) is 6.42 Å². The quantitative estimate of drug-likeness (QED) is 0.187. The van der Waals surface area contributed by atoms with Crippen LogP contribution < -0.4 is 10.2 Å². The highest BCUT2D eigenvalue weighted by molar-refractivity contribution is 5.76. The fourth-order valence-corrected chi connectivity index (χ4v) is 5.23. The van der Waals surface area contributed by atoms with Crippen LogP contribution in [0.25, 0.3) is 12.2 Å². The van der Waals surface area contributed by atoms with Crippen LogP contribution in [0.3, 0.4) is 0 Å². The second kappa shape index (κ2) is 27.2. The second-order valence-corrected chi connectivity index (χ2v) is 11.3. The van der Waals surface area contributed by atoms with Crippen molar-refractivity contribution in [2.45, 2.75) is 60.8 Å². The number of rotatable bonds is 6. The molecular formula is C50H60N2. The third kappa shape index (κ3) is 15.5. The normalized spacial score (nSPS) is 10.4. The van der Waals surface area contributed by atoms with E-state index in [0.29, 0.717) is 0 Å². The number of anilines is 4. The van der Waals surface area contributed by atoms with E-state index >= 15 is 0 Å². The third-order valence-electron chi connectivity index (χ3n) is 7.77. The maximum atomic E-state index is 3.47. The molecule has 0 unspecified atom stereocenters. The molecule has 2 heteroatoms. The van der Waals surface area contributed by atoms with Crippen LogP contribution in [0, 0.1) is 6.92 Å². The van der Waals surface area contributed by atoms with E-state index in [1.807, 2.05) is 119 Å². The van der Waals surface area contributed by atoms with Gasteiger partial charge in [0.1, 0.15) is 0 Å². The summed E-state index contributed by atoms with van der Waals surface area (Å²) < 4.78 is 0. The van der Waals surface area contributed by atoms with E-state index in [4.69, 9.17) is 0 Å². The van der Waals surface area contributed by atoms with Gasteiger partial charge in [-0.1, -0.05) is 192 Å². The average Bonchev–Trinajstić information content (AvgIpc) is 3.24. The number of allylic oxidation sites excluding steroid dienone is 2. The van der Waals surface area contributed by atoms with Crippen molar-refractivity contribution in [1.29, 1.82) is 0 Å². The predicted octanol–water partition coefficient (Wildman–Crippen LogP) is 15.0. The lowest BCUT2D eigenvalue weighted by atomic mass is 9.95. The van der Waals surface area contributed by atoms with E-state index < -0.39 is 0 Å². The summed E-state index contributed by atoms with van der Waals surface area (Å²) in [5, 5.41) is 3.47. The number of fused-ring (bicyclic) bond motifs is 1. The Balaban J connectivity index is 0.000000256. The summed E-state index contributed by atoms with van der Waals surface area (Å²) in [6.45, 7) is 12.3. The number of benzene rings is 6. The van der Waals surface area contributed by atoms with Gasteiger partial charge < -0.3 is 10.2 Å². The highest BCUT2D eigenvalue weighted by atomic mass is 15.1. The Morgan fingerprint density at radius 2 is 1.10 bits per heavy atom. The largest absolute Gasteiger partial charge is 0.355 e. The Hall–Kier alpha value is -5.60. The second-order valence-electron chi connectivity index (χ2n) is 11.3. The fraction of sp³-hybridized carbons (Fsp3) is 0.200. The zero-order chi connectivity index (χ0) is 37.7. The molecule has 0 radical (unpaired) electrons. The molecule has 0 spiro atoms. The molecule has 52 heavy (non-hydrogen) atoms. The minimum atomic E-state index is 1.05. The van der Waals surface area contributed by atoms with Crippen molar-refractivity contribution in [2.24, 2.45) is 0 Å². The summed E-state index contributed by atoms with van der Waals surface area (Å²) in [4.78, 5) is 2.26. The van der Waals surface area contributed by atoms with Gasteiger partial charge in [-0.25, -0.2) is 0 Å². The van der Waals surface area contributed by atoms with Crippen molar-refractivity contribution in [3.8, 4) is 0 Å². The van der Waals surface area contributed by atoms with Gasteiger partial charge in [-0.2, -0.15) is 0 Å². The van der Waals surface area contributed by atoms with Gasteiger partial charge in [-0.15, -0.1) is 0 Å². The van der Waals surface area contributed by atoms with Crippen molar-refractivity contribution in [3.63, 3.8) is 0 Å². The molecule has 7 rings (SSSR count). The van der Waals surface area contributed by atoms with E-state index in [9.17, 15) is 0 Å². The van der Waals surface area contributed by atoms with E-state index in [-0.39, 0.29) is 0 Å². The molecule has 0 saturated carbocycles. The van der Waals surface area contributed by atoms with Gasteiger partial charge in [0, 0.05) is 40.9 Å². The molecule has 0 bridgehead atoms. The molecule has 2 nitrogen and oxygen atoms in total. The molecule has 0 atom stereocenters. The highest BCUT2D eigenvalue weighted by Crippen LogP contribution is 2.32. The highest BCUT2D eigenvalue weighted by Gasteiger charge is 2.12. The maximum Gasteiger partial charge on any atom is 0.0484 e. The molecule has 0 heterocycles. The summed E-state index contributed by atoms with van der Waals surface area (Å²) in [7, 11) is 2.13. The van der Waals surface area contributed by atoms with Crippen LogP contribution >= 0.6 is 0 Å². The Labute approximate surface area is 316 Å². The monoisotopic (exact) mass is 688 g/mol. The van der Waals surface area contributed by atoms with Crippen molar-refractivity contribution in [2.75, 3.05) is 17.3 Å². The van der Waals surface area contributed by atoms with Crippen molar-refractivity contribution in [1.82, 2.24) is 0 Å². The van der Waals surface area contributed by atoms with Crippen LogP contribution in [0.2, 0.25) is 0 Å². The third-order valence-corrected chi connectivity index (χ3v) is 7.77. The molecule has 0 amide bonds. The van der Waals surface area contributed by atoms with E-state index in [2.05, 4.69) is 134 Å². The van der Waals surface area contributed by atoms with Crippen LogP contribution in [0.15, 0.2) is 182 Å². The first-order valence-electron chi connectivity index (χ1n) is 18.8. The SMILES string of the molecule is CC.CC.CC/C=C\c1c(C)cccc1Nc1ccccc1.CN(c1ccccc1)c1cccc2c1C=CCC2.c1ccccc1.c1ccccc1. The van der Waals surface area contributed by atoms with Crippen molar-refractivity contribution < 1.29 is 0 Å². The number of aryl methyl sites for hydroxylation is 2. The predicted molar refractivity (Wildman–Crippen MR) is 234 cm³/mol. The molecule has 0 aliphatic heterocycles.